The van der Waals surface area contributed by atoms with Crippen LogP contribution in [-0.2, 0) is 0 Å². The van der Waals surface area contributed by atoms with E-state index < -0.39 is 12.0 Å². The van der Waals surface area contributed by atoms with Crippen LogP contribution in [0.2, 0.25) is 5.15 Å². The fraction of sp³-hybridized carbons (Fsp3) is 0.333. The first-order chi connectivity index (χ1) is 7.00. The molecule has 0 saturated heterocycles. The summed E-state index contributed by atoms with van der Waals surface area (Å²) in [7, 11) is 0. The molecular weight excluding hydrogens is 218 g/mol. The summed E-state index contributed by atoms with van der Waals surface area (Å²) in [6, 6.07) is 1.44. The molecule has 1 heterocycles. The third-order valence-electron chi connectivity index (χ3n) is 1.66. The molecule has 0 aliphatic carbocycles. The van der Waals surface area contributed by atoms with Crippen molar-refractivity contribution in [3.05, 3.63) is 23.0 Å². The van der Waals surface area contributed by atoms with Crippen molar-refractivity contribution in [2.45, 2.75) is 13.0 Å². The van der Waals surface area contributed by atoms with Crippen LogP contribution < -0.4 is 11.1 Å². The molecule has 0 radical (unpaired) electrons. The molecule has 1 rings (SSSR count). The minimum atomic E-state index is -0.609. The maximum atomic E-state index is 11.5. The van der Waals surface area contributed by atoms with Gasteiger partial charge in [0.25, 0.3) is 5.91 Å². The number of hydrogen-bond donors (Lipinski definition) is 3. The van der Waals surface area contributed by atoms with Crippen LogP contribution in [-0.4, -0.2) is 28.6 Å². The Hall–Kier alpha value is -1.33. The smallest absolute Gasteiger partial charge is 0.254 e. The summed E-state index contributed by atoms with van der Waals surface area (Å²) in [5.74, 6) is -0.402. The number of hydrogen-bond acceptors (Lipinski definition) is 4. The first kappa shape index (κ1) is 11.7. The van der Waals surface area contributed by atoms with Crippen LogP contribution in [0.25, 0.3) is 0 Å². The predicted octanol–water partition coefficient (Wildman–Crippen LogP) is 0.428. The number of rotatable bonds is 3. The summed E-state index contributed by atoms with van der Waals surface area (Å²) in [4.78, 5) is 15.3. The number of nitrogens with two attached hydrogens (primary N) is 1. The van der Waals surface area contributed by atoms with E-state index in [-0.39, 0.29) is 17.3 Å². The van der Waals surface area contributed by atoms with Gasteiger partial charge in [-0.25, -0.2) is 4.98 Å². The molecule has 1 amide bonds. The molecule has 1 aromatic heterocycles. The van der Waals surface area contributed by atoms with Gasteiger partial charge in [0.05, 0.1) is 23.6 Å². The van der Waals surface area contributed by atoms with Crippen LogP contribution >= 0.6 is 11.6 Å². The Morgan fingerprint density at radius 3 is 3.07 bits per heavy atom. The van der Waals surface area contributed by atoms with Gasteiger partial charge in [0.2, 0.25) is 0 Å². The Kier molecular flexibility index (Phi) is 3.88. The van der Waals surface area contributed by atoms with Gasteiger partial charge < -0.3 is 16.2 Å². The van der Waals surface area contributed by atoms with Crippen molar-refractivity contribution < 1.29 is 9.90 Å². The zero-order valence-corrected chi connectivity index (χ0v) is 8.95. The van der Waals surface area contributed by atoms with Crippen LogP contribution in [0, 0.1) is 0 Å². The van der Waals surface area contributed by atoms with E-state index in [0.717, 1.165) is 0 Å². The monoisotopic (exact) mass is 229 g/mol. The van der Waals surface area contributed by atoms with E-state index in [9.17, 15) is 4.79 Å². The number of nitrogens with zero attached hydrogens (tertiary/aromatic N) is 1. The van der Waals surface area contributed by atoms with E-state index >= 15 is 0 Å². The van der Waals surface area contributed by atoms with E-state index in [1.165, 1.54) is 12.3 Å². The zero-order valence-electron chi connectivity index (χ0n) is 8.20. The van der Waals surface area contributed by atoms with Gasteiger partial charge in [0, 0.05) is 6.54 Å². The molecule has 0 spiro atoms. The highest BCUT2D eigenvalue weighted by molar-refractivity contribution is 6.32. The number of nitrogens with one attached hydrogen (secondary N) is 1. The Morgan fingerprint density at radius 1 is 1.80 bits per heavy atom. The molecule has 6 heteroatoms. The molecule has 1 aromatic rings. The van der Waals surface area contributed by atoms with Gasteiger partial charge in [-0.1, -0.05) is 11.6 Å². The number of halogens is 1. The van der Waals surface area contributed by atoms with E-state index in [1.807, 2.05) is 0 Å². The van der Waals surface area contributed by atoms with Crippen molar-refractivity contribution in [3.63, 3.8) is 0 Å². The van der Waals surface area contributed by atoms with Crippen LogP contribution in [0.5, 0.6) is 0 Å². The summed E-state index contributed by atoms with van der Waals surface area (Å²) >= 11 is 5.72. The first-order valence-electron chi connectivity index (χ1n) is 4.38. The third-order valence-corrected chi connectivity index (χ3v) is 1.96. The standard InChI is InChI=1S/C9H12ClN3O2/c1-5(14)3-13-9(15)7-2-6(11)4-12-8(7)10/h2,4-5,14H,3,11H2,1H3,(H,13,15)/t5-/m0/s1. The Bertz CT molecular complexity index is 368. The van der Waals surface area contributed by atoms with E-state index in [0.29, 0.717) is 5.69 Å². The Balaban J connectivity index is 2.77. The number of anilines is 1. The van der Waals surface area contributed by atoms with Crippen LogP contribution in [0.4, 0.5) is 5.69 Å². The number of pyridine rings is 1. The fourth-order valence-electron chi connectivity index (χ4n) is 0.959. The molecule has 82 valence electrons. The van der Waals surface area contributed by atoms with Crippen molar-refractivity contribution in [3.8, 4) is 0 Å². The van der Waals surface area contributed by atoms with Gasteiger partial charge in [-0.3, -0.25) is 4.79 Å². The van der Waals surface area contributed by atoms with Crippen molar-refractivity contribution in [1.29, 1.82) is 0 Å². The average Bonchev–Trinajstić information content (AvgIpc) is 2.18. The van der Waals surface area contributed by atoms with Gasteiger partial charge in [-0.15, -0.1) is 0 Å². The van der Waals surface area contributed by atoms with Crippen LogP contribution in [0.15, 0.2) is 12.3 Å². The Morgan fingerprint density at radius 2 is 2.47 bits per heavy atom. The number of amides is 1. The molecule has 5 nitrogen and oxygen atoms in total. The van der Waals surface area contributed by atoms with Gasteiger partial charge in [-0.05, 0) is 13.0 Å². The topological polar surface area (TPSA) is 88.2 Å². The van der Waals surface area contributed by atoms with E-state index in [2.05, 4.69) is 10.3 Å². The lowest BCUT2D eigenvalue weighted by atomic mass is 10.2. The molecule has 0 aromatic carbocycles. The molecule has 0 aliphatic rings. The molecular formula is C9H12ClN3O2. The molecule has 0 fully saturated rings. The molecule has 15 heavy (non-hydrogen) atoms. The third kappa shape index (κ3) is 3.38. The summed E-state index contributed by atoms with van der Waals surface area (Å²) in [5, 5.41) is 11.6. The van der Waals surface area contributed by atoms with Crippen LogP contribution in [0.1, 0.15) is 17.3 Å². The summed E-state index contributed by atoms with van der Waals surface area (Å²) in [6.07, 6.45) is 0.759. The second kappa shape index (κ2) is 4.95. The lowest BCUT2D eigenvalue weighted by molar-refractivity contribution is 0.0924. The maximum absolute atomic E-state index is 11.5. The largest absolute Gasteiger partial charge is 0.397 e. The second-order valence-corrected chi connectivity index (χ2v) is 3.52. The van der Waals surface area contributed by atoms with Gasteiger partial charge >= 0.3 is 0 Å². The van der Waals surface area contributed by atoms with Crippen molar-refractivity contribution in [1.82, 2.24) is 10.3 Å². The molecule has 4 N–H and O–H groups in total. The number of aromatic nitrogens is 1. The summed E-state index contributed by atoms with van der Waals surface area (Å²) in [5.41, 5.74) is 6.04. The highest BCUT2D eigenvalue weighted by Gasteiger charge is 2.11. The Labute approximate surface area is 92.3 Å². The first-order valence-corrected chi connectivity index (χ1v) is 4.75. The van der Waals surface area contributed by atoms with Gasteiger partial charge in [-0.2, -0.15) is 0 Å². The summed E-state index contributed by atoms with van der Waals surface area (Å²) < 4.78 is 0. The molecule has 0 aliphatic heterocycles. The van der Waals surface area contributed by atoms with Crippen LogP contribution in [0.3, 0.4) is 0 Å². The van der Waals surface area contributed by atoms with Gasteiger partial charge in [0.15, 0.2) is 0 Å². The quantitative estimate of drug-likeness (QED) is 0.656. The number of carbonyl (C=O) groups is 1. The van der Waals surface area contributed by atoms with E-state index in [1.54, 1.807) is 6.92 Å². The second-order valence-electron chi connectivity index (χ2n) is 3.17. The minimum absolute atomic E-state index is 0.0901. The lowest BCUT2D eigenvalue weighted by Gasteiger charge is -2.08. The minimum Gasteiger partial charge on any atom is -0.397 e. The number of carbonyl (C=O) groups excluding carboxylic acids is 1. The number of aliphatic hydroxyl groups excluding tert-OH is 1. The lowest BCUT2D eigenvalue weighted by Crippen LogP contribution is -2.30. The molecule has 0 unspecified atom stereocenters. The highest BCUT2D eigenvalue weighted by Crippen LogP contribution is 2.15. The fourth-order valence-corrected chi connectivity index (χ4v) is 1.15. The molecule has 1 atom stereocenters. The van der Waals surface area contributed by atoms with Crippen molar-refractivity contribution in [2.24, 2.45) is 0 Å². The summed E-state index contributed by atoms with van der Waals surface area (Å²) in [6.45, 7) is 1.73. The predicted molar refractivity (Wildman–Crippen MR) is 57.7 cm³/mol. The van der Waals surface area contributed by atoms with Gasteiger partial charge in [0.1, 0.15) is 5.15 Å². The molecule has 0 bridgehead atoms. The maximum Gasteiger partial charge on any atom is 0.254 e. The van der Waals surface area contributed by atoms with E-state index in [4.69, 9.17) is 22.4 Å². The number of aliphatic hydroxyl groups is 1. The van der Waals surface area contributed by atoms with Crippen molar-refractivity contribution in [2.75, 3.05) is 12.3 Å². The SMILES string of the molecule is C[C@H](O)CNC(=O)c1cc(N)cnc1Cl. The molecule has 0 saturated carbocycles. The van der Waals surface area contributed by atoms with Crippen molar-refractivity contribution >= 4 is 23.2 Å². The highest BCUT2D eigenvalue weighted by atomic mass is 35.5. The number of nitrogen functional groups attached to an aromatic ring is 1. The normalized spacial score (nSPS) is 12.2. The zero-order chi connectivity index (χ0) is 11.4. The average molecular weight is 230 g/mol.